The van der Waals surface area contributed by atoms with Crippen molar-refractivity contribution in [2.24, 2.45) is 0 Å². The molecule has 204 valence electrons. The lowest BCUT2D eigenvalue weighted by atomic mass is 9.99. The molecule has 0 fully saturated rings. The number of hydrogen-bond donors (Lipinski definition) is 2. The molecule has 0 bridgehead atoms. The summed E-state index contributed by atoms with van der Waals surface area (Å²) in [5.41, 5.74) is -1.35. The van der Waals surface area contributed by atoms with Crippen LogP contribution in [0.3, 0.4) is 0 Å². The van der Waals surface area contributed by atoms with Gasteiger partial charge in [0.15, 0.2) is 25.1 Å². The molecule has 6 unspecified atom stereocenters. The highest BCUT2D eigenvalue weighted by Gasteiger charge is 2.35. The molecule has 0 aliphatic heterocycles. The summed E-state index contributed by atoms with van der Waals surface area (Å²) in [6.45, 7) is 9.65. The van der Waals surface area contributed by atoms with Crippen molar-refractivity contribution in [3.63, 3.8) is 0 Å². The maximum atomic E-state index is 11.7. The molecule has 0 aliphatic carbocycles. The summed E-state index contributed by atoms with van der Waals surface area (Å²) in [5, 5.41) is 19.5. The Bertz CT molecular complexity index is 619. The molecule has 0 radical (unpaired) electrons. The zero-order valence-corrected chi connectivity index (χ0v) is 21.6. The first-order valence-electron chi connectivity index (χ1n) is 11.9. The number of rotatable bonds is 22. The molecule has 11 heteroatoms. The second-order valence-corrected chi connectivity index (χ2v) is 8.61. The van der Waals surface area contributed by atoms with E-state index in [0.29, 0.717) is 38.3 Å². The van der Waals surface area contributed by atoms with Crippen LogP contribution in [0.1, 0.15) is 67.2 Å². The van der Waals surface area contributed by atoms with Gasteiger partial charge < -0.3 is 43.5 Å². The lowest BCUT2D eigenvalue weighted by Gasteiger charge is -2.35. The van der Waals surface area contributed by atoms with Crippen molar-refractivity contribution in [3.8, 4) is 0 Å². The van der Waals surface area contributed by atoms with Crippen molar-refractivity contribution >= 4 is 25.1 Å². The zero-order valence-electron chi connectivity index (χ0n) is 21.6. The smallest absolute Gasteiger partial charge is 0.215 e. The SMILES string of the molecule is CCC(C)(CC)OC(C=O)OC(CO)C(C=O)OC(C=O)OC(CO)C(C=O)OC(C)(CC)CC. The average molecular weight is 507 g/mol. The van der Waals surface area contributed by atoms with Gasteiger partial charge in [0.1, 0.15) is 24.4 Å². The highest BCUT2D eigenvalue weighted by molar-refractivity contribution is 5.60. The highest BCUT2D eigenvalue weighted by atomic mass is 16.7. The molecule has 0 saturated heterocycles. The van der Waals surface area contributed by atoms with Gasteiger partial charge in [0.05, 0.1) is 24.4 Å². The number of ether oxygens (including phenoxy) is 5. The van der Waals surface area contributed by atoms with Gasteiger partial charge in [0.25, 0.3) is 0 Å². The molecule has 0 rings (SSSR count). The molecular weight excluding hydrogens is 464 g/mol. The molecule has 2 N–H and O–H groups in total. The first kappa shape index (κ1) is 33.4. The van der Waals surface area contributed by atoms with E-state index >= 15 is 0 Å². The summed E-state index contributed by atoms with van der Waals surface area (Å²) in [7, 11) is 0. The van der Waals surface area contributed by atoms with Crippen LogP contribution in [-0.2, 0) is 42.9 Å². The number of aliphatic hydroxyl groups is 2. The molecule has 0 spiro atoms. The van der Waals surface area contributed by atoms with Crippen molar-refractivity contribution < 1.29 is 53.1 Å². The summed E-state index contributed by atoms with van der Waals surface area (Å²) in [6, 6.07) is 0. The van der Waals surface area contributed by atoms with Crippen LogP contribution < -0.4 is 0 Å². The van der Waals surface area contributed by atoms with Crippen LogP contribution in [0, 0.1) is 0 Å². The molecule has 0 aromatic carbocycles. The van der Waals surface area contributed by atoms with E-state index in [0.717, 1.165) is 0 Å². The minimum atomic E-state index is -1.72. The maximum Gasteiger partial charge on any atom is 0.215 e. The van der Waals surface area contributed by atoms with Crippen LogP contribution in [-0.4, -0.2) is 96.8 Å². The van der Waals surface area contributed by atoms with Gasteiger partial charge in [-0.1, -0.05) is 27.7 Å². The van der Waals surface area contributed by atoms with Crippen LogP contribution in [0.2, 0.25) is 0 Å². The molecular formula is C24H42O11. The Balaban J connectivity index is 5.47. The Morgan fingerprint density at radius 3 is 1.37 bits per heavy atom. The summed E-state index contributed by atoms with van der Waals surface area (Å²) in [4.78, 5) is 46.4. The lowest BCUT2D eigenvalue weighted by molar-refractivity contribution is -0.254. The third kappa shape index (κ3) is 10.9. The van der Waals surface area contributed by atoms with Crippen LogP contribution in [0.5, 0.6) is 0 Å². The van der Waals surface area contributed by atoms with Gasteiger partial charge in [0, 0.05) is 0 Å². The van der Waals surface area contributed by atoms with Gasteiger partial charge in [-0.2, -0.15) is 0 Å². The summed E-state index contributed by atoms with van der Waals surface area (Å²) >= 11 is 0. The number of carbonyl (C=O) groups is 4. The predicted octanol–water partition coefficient (Wildman–Crippen LogP) is 1.13. The zero-order chi connectivity index (χ0) is 27.1. The average Bonchev–Trinajstić information content (AvgIpc) is 2.90. The number of aliphatic hydroxyl groups excluding tert-OH is 2. The lowest BCUT2D eigenvalue weighted by Crippen LogP contribution is -2.47. The normalized spacial score (nSPS) is 17.6. The van der Waals surface area contributed by atoms with E-state index in [2.05, 4.69) is 0 Å². The fourth-order valence-electron chi connectivity index (χ4n) is 2.97. The van der Waals surface area contributed by atoms with Gasteiger partial charge in [-0.25, -0.2) is 0 Å². The highest BCUT2D eigenvalue weighted by Crippen LogP contribution is 2.24. The standard InChI is InChI=1S/C24H42O11/c1-7-23(5,8-2)34-20(14-28)19(13-27)32-21(15-29)31-17(11-25)18(12-26)33-22(16-30)35-24(6,9-3)10-4/h11,14-22,26-27H,7-10,12-13H2,1-6H3. The molecule has 0 heterocycles. The Hall–Kier alpha value is -1.60. The second kappa shape index (κ2) is 17.0. The van der Waals surface area contributed by atoms with E-state index < -0.39 is 61.4 Å². The van der Waals surface area contributed by atoms with Crippen molar-refractivity contribution in [1.29, 1.82) is 0 Å². The van der Waals surface area contributed by atoms with Crippen molar-refractivity contribution in [2.75, 3.05) is 13.2 Å². The van der Waals surface area contributed by atoms with Gasteiger partial charge >= 0.3 is 0 Å². The first-order chi connectivity index (χ1) is 16.6. The minimum Gasteiger partial charge on any atom is -0.394 e. The van der Waals surface area contributed by atoms with Gasteiger partial charge in [-0.3, -0.25) is 9.59 Å². The molecule has 0 saturated carbocycles. The van der Waals surface area contributed by atoms with Crippen LogP contribution in [0.25, 0.3) is 0 Å². The predicted molar refractivity (Wildman–Crippen MR) is 125 cm³/mol. The van der Waals surface area contributed by atoms with E-state index in [1.165, 1.54) is 0 Å². The van der Waals surface area contributed by atoms with Gasteiger partial charge in [-0.05, 0) is 39.5 Å². The Kier molecular flexibility index (Phi) is 16.2. The topological polar surface area (TPSA) is 155 Å². The van der Waals surface area contributed by atoms with E-state index in [-0.39, 0.29) is 12.6 Å². The van der Waals surface area contributed by atoms with Crippen LogP contribution in [0.4, 0.5) is 0 Å². The summed E-state index contributed by atoms with van der Waals surface area (Å²) < 4.78 is 27.7. The second-order valence-electron chi connectivity index (χ2n) is 8.61. The molecule has 0 amide bonds. The number of carbonyl (C=O) groups excluding carboxylic acids is 4. The number of aldehydes is 4. The van der Waals surface area contributed by atoms with E-state index in [1.807, 2.05) is 27.7 Å². The molecule has 0 aromatic rings. The van der Waals surface area contributed by atoms with E-state index in [4.69, 9.17) is 23.7 Å². The minimum absolute atomic E-state index is 0.216. The first-order valence-corrected chi connectivity index (χ1v) is 11.9. The van der Waals surface area contributed by atoms with Crippen LogP contribution in [0.15, 0.2) is 0 Å². The fourth-order valence-corrected chi connectivity index (χ4v) is 2.97. The van der Waals surface area contributed by atoms with Crippen molar-refractivity contribution in [1.82, 2.24) is 0 Å². The van der Waals surface area contributed by atoms with E-state index in [9.17, 15) is 29.4 Å². The summed E-state index contributed by atoms with van der Waals surface area (Å²) in [5.74, 6) is 0. The Morgan fingerprint density at radius 1 is 0.600 bits per heavy atom. The Labute approximate surface area is 207 Å². The molecule has 11 nitrogen and oxygen atoms in total. The molecule has 6 atom stereocenters. The Morgan fingerprint density at radius 2 is 1.00 bits per heavy atom. The van der Waals surface area contributed by atoms with E-state index in [1.54, 1.807) is 13.8 Å². The van der Waals surface area contributed by atoms with Crippen molar-refractivity contribution in [2.45, 2.75) is 115 Å². The maximum absolute atomic E-state index is 11.7. The molecule has 35 heavy (non-hydrogen) atoms. The van der Waals surface area contributed by atoms with Crippen LogP contribution >= 0.6 is 0 Å². The fraction of sp³-hybridized carbons (Fsp3) is 0.833. The number of hydrogen-bond acceptors (Lipinski definition) is 11. The quantitative estimate of drug-likeness (QED) is 0.160. The van der Waals surface area contributed by atoms with Crippen molar-refractivity contribution in [3.05, 3.63) is 0 Å². The monoisotopic (exact) mass is 506 g/mol. The summed E-state index contributed by atoms with van der Waals surface area (Å²) in [6.07, 6.45) is -4.89. The van der Waals surface area contributed by atoms with Gasteiger partial charge in [-0.15, -0.1) is 0 Å². The third-order valence-corrected chi connectivity index (χ3v) is 6.31. The molecule has 0 aliphatic rings. The largest absolute Gasteiger partial charge is 0.394 e. The third-order valence-electron chi connectivity index (χ3n) is 6.31. The molecule has 0 aromatic heterocycles. The van der Waals surface area contributed by atoms with Gasteiger partial charge in [0.2, 0.25) is 12.6 Å².